The van der Waals surface area contributed by atoms with Gasteiger partial charge in [-0.2, -0.15) is 10.2 Å². The van der Waals surface area contributed by atoms with E-state index in [2.05, 4.69) is 20.3 Å². The highest BCUT2D eigenvalue weighted by atomic mass is 15.1. The molecule has 0 aliphatic heterocycles. The lowest BCUT2D eigenvalue weighted by Gasteiger charge is -2.07. The van der Waals surface area contributed by atoms with Crippen LogP contribution in [0, 0.1) is 11.4 Å². The third kappa shape index (κ3) is 3.49. The summed E-state index contributed by atoms with van der Waals surface area (Å²) in [4.78, 5) is 4.21. The molecule has 0 aromatic carbocycles. The van der Waals surface area contributed by atoms with Crippen molar-refractivity contribution in [2.24, 2.45) is 16.0 Å². The lowest BCUT2D eigenvalue weighted by molar-refractivity contribution is 0.584. The topological polar surface area (TPSA) is 74.3 Å². The van der Waals surface area contributed by atoms with Crippen molar-refractivity contribution in [3.63, 3.8) is 0 Å². The molecule has 0 spiro atoms. The summed E-state index contributed by atoms with van der Waals surface area (Å²) in [7, 11) is 0. The molecule has 0 amide bonds. The largest absolute Gasteiger partial charge is 0.240 e. The molecule has 0 radical (unpaired) electrons. The number of nitrogens with zero attached hydrogens (tertiary/aromatic N) is 4. The van der Waals surface area contributed by atoms with Crippen LogP contribution in [0.3, 0.4) is 0 Å². The van der Waals surface area contributed by atoms with Crippen LogP contribution in [0.25, 0.3) is 0 Å². The maximum atomic E-state index is 6.91. The summed E-state index contributed by atoms with van der Waals surface area (Å²) in [6.07, 6.45) is 2.64. The Morgan fingerprint density at radius 2 is 2.12 bits per heavy atom. The SMILES string of the molecule is CCc1ccc(N=CC(C)C(C)N=N)nn1. The summed E-state index contributed by atoms with van der Waals surface area (Å²) in [5.74, 6) is 0.728. The highest BCUT2D eigenvalue weighted by Crippen LogP contribution is 2.09. The average Bonchev–Trinajstić information content (AvgIpc) is 2.35. The summed E-state index contributed by atoms with van der Waals surface area (Å²) in [6.45, 7) is 5.89. The van der Waals surface area contributed by atoms with E-state index in [0.717, 1.165) is 12.1 Å². The summed E-state index contributed by atoms with van der Waals surface area (Å²) in [6, 6.07) is 3.71. The van der Waals surface area contributed by atoms with E-state index >= 15 is 0 Å². The summed E-state index contributed by atoms with van der Waals surface area (Å²) in [5, 5.41) is 11.4. The number of hydrogen-bond donors (Lipinski definition) is 1. The third-order valence-corrected chi connectivity index (χ3v) is 2.47. The zero-order valence-corrected chi connectivity index (χ0v) is 9.88. The fourth-order valence-electron chi connectivity index (χ4n) is 1.05. The molecule has 16 heavy (non-hydrogen) atoms. The lowest BCUT2D eigenvalue weighted by atomic mass is 10.1. The summed E-state index contributed by atoms with van der Waals surface area (Å²) < 4.78 is 0. The Morgan fingerprint density at radius 3 is 2.62 bits per heavy atom. The molecule has 0 fully saturated rings. The normalized spacial score (nSPS) is 14.9. The van der Waals surface area contributed by atoms with E-state index in [9.17, 15) is 0 Å². The standard InChI is InChI=1S/C11H17N5/c1-4-10-5-6-11(16-15-10)13-7-8(2)9(3)14-12/h5-9,12H,4H2,1-3H3. The minimum Gasteiger partial charge on any atom is -0.240 e. The monoisotopic (exact) mass is 219 g/mol. The first-order chi connectivity index (χ1) is 7.67. The zero-order valence-electron chi connectivity index (χ0n) is 9.88. The Morgan fingerprint density at radius 1 is 1.38 bits per heavy atom. The molecule has 0 aliphatic rings. The second kappa shape index (κ2) is 6.05. The van der Waals surface area contributed by atoms with Gasteiger partial charge in [0.25, 0.3) is 0 Å². The minimum absolute atomic E-state index is 0.0494. The van der Waals surface area contributed by atoms with Crippen molar-refractivity contribution in [3.05, 3.63) is 17.8 Å². The Hall–Kier alpha value is -1.65. The molecule has 0 saturated carbocycles. The first kappa shape index (κ1) is 12.4. The van der Waals surface area contributed by atoms with Gasteiger partial charge in [-0.3, -0.25) is 0 Å². The number of aromatic nitrogens is 2. The first-order valence-corrected chi connectivity index (χ1v) is 5.40. The number of hydrogen-bond acceptors (Lipinski definition) is 5. The van der Waals surface area contributed by atoms with Crippen LogP contribution in [0.5, 0.6) is 0 Å². The Bertz CT molecular complexity index is 357. The number of nitrogens with one attached hydrogen (secondary N) is 1. The highest BCUT2D eigenvalue weighted by molar-refractivity contribution is 5.64. The molecule has 86 valence electrons. The lowest BCUT2D eigenvalue weighted by Crippen LogP contribution is -2.11. The van der Waals surface area contributed by atoms with Gasteiger partial charge >= 0.3 is 0 Å². The van der Waals surface area contributed by atoms with Crippen molar-refractivity contribution in [2.75, 3.05) is 0 Å². The average molecular weight is 219 g/mol. The maximum absolute atomic E-state index is 6.91. The maximum Gasteiger partial charge on any atom is 0.174 e. The molecule has 0 aliphatic carbocycles. The van der Waals surface area contributed by atoms with Crippen LogP contribution in [-0.2, 0) is 6.42 Å². The van der Waals surface area contributed by atoms with Crippen molar-refractivity contribution in [1.29, 1.82) is 5.53 Å². The summed E-state index contributed by atoms with van der Waals surface area (Å²) in [5.41, 5.74) is 7.87. The molecule has 1 N–H and O–H groups in total. The molecule has 1 aromatic heterocycles. The smallest absolute Gasteiger partial charge is 0.174 e. The van der Waals surface area contributed by atoms with Crippen molar-refractivity contribution in [1.82, 2.24) is 10.2 Å². The van der Waals surface area contributed by atoms with Crippen LogP contribution < -0.4 is 0 Å². The first-order valence-electron chi connectivity index (χ1n) is 5.40. The molecule has 2 atom stereocenters. The van der Waals surface area contributed by atoms with E-state index in [0.29, 0.717) is 5.82 Å². The van der Waals surface area contributed by atoms with Crippen LogP contribution in [0.1, 0.15) is 26.5 Å². The minimum atomic E-state index is -0.0494. The molecular formula is C11H17N5. The number of aryl methyl sites for hydroxylation is 1. The van der Waals surface area contributed by atoms with Crippen LogP contribution in [0.15, 0.2) is 22.2 Å². The Labute approximate surface area is 95.5 Å². The van der Waals surface area contributed by atoms with Crippen molar-refractivity contribution >= 4 is 12.0 Å². The van der Waals surface area contributed by atoms with Crippen molar-refractivity contribution < 1.29 is 0 Å². The van der Waals surface area contributed by atoms with E-state index in [-0.39, 0.29) is 12.0 Å². The third-order valence-electron chi connectivity index (χ3n) is 2.47. The van der Waals surface area contributed by atoms with E-state index in [1.165, 1.54) is 0 Å². The fourth-order valence-corrected chi connectivity index (χ4v) is 1.05. The predicted octanol–water partition coefficient (Wildman–Crippen LogP) is 2.80. The summed E-state index contributed by atoms with van der Waals surface area (Å²) >= 11 is 0. The van der Waals surface area contributed by atoms with Gasteiger partial charge in [-0.05, 0) is 25.5 Å². The highest BCUT2D eigenvalue weighted by Gasteiger charge is 2.07. The Kier molecular flexibility index (Phi) is 4.69. The molecular weight excluding hydrogens is 202 g/mol. The molecule has 0 saturated heterocycles. The van der Waals surface area contributed by atoms with Gasteiger partial charge in [0.15, 0.2) is 5.82 Å². The van der Waals surface area contributed by atoms with Gasteiger partial charge in [0.05, 0.1) is 11.7 Å². The van der Waals surface area contributed by atoms with E-state index in [1.807, 2.05) is 32.9 Å². The predicted molar refractivity (Wildman–Crippen MR) is 63.3 cm³/mol. The van der Waals surface area contributed by atoms with E-state index < -0.39 is 0 Å². The molecule has 2 unspecified atom stereocenters. The quantitative estimate of drug-likeness (QED) is 0.610. The number of rotatable bonds is 5. The van der Waals surface area contributed by atoms with Gasteiger partial charge < -0.3 is 0 Å². The molecule has 5 nitrogen and oxygen atoms in total. The molecule has 1 heterocycles. The van der Waals surface area contributed by atoms with E-state index in [4.69, 9.17) is 5.53 Å². The van der Waals surface area contributed by atoms with Gasteiger partial charge in [0.2, 0.25) is 0 Å². The van der Waals surface area contributed by atoms with Crippen molar-refractivity contribution in [2.45, 2.75) is 33.2 Å². The molecule has 1 aromatic rings. The molecule has 1 rings (SSSR count). The van der Waals surface area contributed by atoms with Gasteiger partial charge in [-0.1, -0.05) is 13.8 Å². The van der Waals surface area contributed by atoms with Gasteiger partial charge in [0, 0.05) is 12.1 Å². The van der Waals surface area contributed by atoms with Crippen LogP contribution in [0.2, 0.25) is 0 Å². The Balaban J connectivity index is 2.65. The second-order valence-corrected chi connectivity index (χ2v) is 3.74. The van der Waals surface area contributed by atoms with Gasteiger partial charge in [0.1, 0.15) is 0 Å². The number of aliphatic imine (C=N–C) groups is 1. The van der Waals surface area contributed by atoms with Crippen molar-refractivity contribution in [3.8, 4) is 0 Å². The second-order valence-electron chi connectivity index (χ2n) is 3.74. The van der Waals surface area contributed by atoms with Crippen LogP contribution in [-0.4, -0.2) is 22.5 Å². The van der Waals surface area contributed by atoms with Gasteiger partial charge in [-0.25, -0.2) is 10.5 Å². The van der Waals surface area contributed by atoms with E-state index in [1.54, 1.807) is 6.21 Å². The van der Waals surface area contributed by atoms with Gasteiger partial charge in [-0.15, -0.1) is 5.10 Å². The van der Waals surface area contributed by atoms with Crippen LogP contribution in [0.4, 0.5) is 5.82 Å². The zero-order chi connectivity index (χ0) is 12.0. The van der Waals surface area contributed by atoms with Crippen LogP contribution >= 0.6 is 0 Å². The fraction of sp³-hybridized carbons (Fsp3) is 0.545. The molecule has 5 heteroatoms. The molecule has 0 bridgehead atoms.